The Morgan fingerprint density at radius 2 is 1.90 bits per heavy atom. The zero-order valence-electron chi connectivity index (χ0n) is 12.8. The van der Waals surface area contributed by atoms with Gasteiger partial charge >= 0.3 is 0 Å². The van der Waals surface area contributed by atoms with Crippen molar-refractivity contribution in [1.82, 2.24) is 5.32 Å². The molecule has 0 bridgehead atoms. The van der Waals surface area contributed by atoms with E-state index in [1.54, 1.807) is 12.1 Å². The summed E-state index contributed by atoms with van der Waals surface area (Å²) in [6.45, 7) is 8.95. The molecule has 2 N–H and O–H groups in total. The van der Waals surface area contributed by atoms with Crippen molar-refractivity contribution in [3.63, 3.8) is 0 Å². The fourth-order valence-electron chi connectivity index (χ4n) is 2.15. The van der Waals surface area contributed by atoms with E-state index >= 15 is 0 Å². The second kappa shape index (κ2) is 8.22. The van der Waals surface area contributed by atoms with Crippen LogP contribution in [0, 0.1) is 5.82 Å². The molecule has 0 aliphatic rings. The number of rotatable bonds is 9. The molecule has 0 aliphatic carbocycles. The highest BCUT2D eigenvalue weighted by molar-refractivity contribution is 5.46. The first kappa shape index (κ1) is 16.9. The van der Waals surface area contributed by atoms with Gasteiger partial charge in [0.15, 0.2) is 0 Å². The van der Waals surface area contributed by atoms with Gasteiger partial charge in [-0.2, -0.15) is 0 Å². The average molecular weight is 282 g/mol. The monoisotopic (exact) mass is 282 g/mol. The third kappa shape index (κ3) is 5.10. The van der Waals surface area contributed by atoms with E-state index in [4.69, 9.17) is 0 Å². The molecule has 114 valence electrons. The SMILES string of the molecule is CCCNC(C)(CO)CCN(CC)c1ccc(F)cc1. The van der Waals surface area contributed by atoms with Crippen LogP contribution in [0.15, 0.2) is 24.3 Å². The van der Waals surface area contributed by atoms with Crippen molar-refractivity contribution < 1.29 is 9.50 Å². The molecule has 20 heavy (non-hydrogen) atoms. The summed E-state index contributed by atoms with van der Waals surface area (Å²) < 4.78 is 13.0. The molecular weight excluding hydrogens is 255 g/mol. The number of benzene rings is 1. The number of nitrogens with zero attached hydrogens (tertiary/aromatic N) is 1. The van der Waals surface area contributed by atoms with Crippen LogP contribution in [0.3, 0.4) is 0 Å². The fraction of sp³-hybridized carbons (Fsp3) is 0.625. The zero-order valence-corrected chi connectivity index (χ0v) is 12.8. The molecular formula is C16H27FN2O. The number of hydrogen-bond acceptors (Lipinski definition) is 3. The molecule has 0 radical (unpaired) electrons. The summed E-state index contributed by atoms with van der Waals surface area (Å²) in [5.41, 5.74) is 0.758. The number of anilines is 1. The quantitative estimate of drug-likeness (QED) is 0.731. The minimum atomic E-state index is -0.260. The Balaban J connectivity index is 2.61. The topological polar surface area (TPSA) is 35.5 Å². The van der Waals surface area contributed by atoms with Gasteiger partial charge in [-0.15, -0.1) is 0 Å². The molecule has 0 aromatic heterocycles. The van der Waals surface area contributed by atoms with Crippen molar-refractivity contribution >= 4 is 5.69 Å². The molecule has 0 spiro atoms. The Labute approximate surface area is 121 Å². The van der Waals surface area contributed by atoms with Gasteiger partial charge in [0.1, 0.15) is 5.82 Å². The Bertz CT molecular complexity index is 383. The molecule has 0 saturated heterocycles. The van der Waals surface area contributed by atoms with Crippen molar-refractivity contribution in [3.8, 4) is 0 Å². The van der Waals surface area contributed by atoms with Gasteiger partial charge in [0.2, 0.25) is 0 Å². The lowest BCUT2D eigenvalue weighted by atomic mass is 9.98. The molecule has 1 aromatic carbocycles. The maximum atomic E-state index is 13.0. The van der Waals surface area contributed by atoms with E-state index in [1.807, 2.05) is 6.92 Å². The number of nitrogens with one attached hydrogen (secondary N) is 1. The minimum Gasteiger partial charge on any atom is -0.394 e. The van der Waals surface area contributed by atoms with Crippen LogP contribution in [-0.2, 0) is 0 Å². The standard InChI is InChI=1S/C16H27FN2O/c1-4-11-18-16(3,13-20)10-12-19(5-2)15-8-6-14(17)7-9-15/h6-9,18,20H,4-5,10-13H2,1-3H3. The molecule has 3 nitrogen and oxygen atoms in total. The van der Waals surface area contributed by atoms with E-state index in [2.05, 4.69) is 24.1 Å². The average Bonchev–Trinajstić information content (AvgIpc) is 2.47. The molecule has 0 amide bonds. The van der Waals surface area contributed by atoms with Gasteiger partial charge in [-0.1, -0.05) is 6.92 Å². The lowest BCUT2D eigenvalue weighted by Crippen LogP contribution is -2.48. The van der Waals surface area contributed by atoms with Crippen LogP contribution in [0.4, 0.5) is 10.1 Å². The molecule has 0 saturated carbocycles. The molecule has 1 aromatic rings. The first-order valence-electron chi connectivity index (χ1n) is 7.41. The van der Waals surface area contributed by atoms with E-state index in [1.165, 1.54) is 12.1 Å². The maximum absolute atomic E-state index is 13.0. The summed E-state index contributed by atoms with van der Waals surface area (Å²) in [6.07, 6.45) is 1.89. The number of hydrogen-bond donors (Lipinski definition) is 2. The van der Waals surface area contributed by atoms with Gasteiger partial charge in [0.05, 0.1) is 6.61 Å². The highest BCUT2D eigenvalue weighted by Gasteiger charge is 2.22. The largest absolute Gasteiger partial charge is 0.394 e. The zero-order chi connectivity index (χ0) is 15.0. The highest BCUT2D eigenvalue weighted by atomic mass is 19.1. The second-order valence-electron chi connectivity index (χ2n) is 5.45. The summed E-state index contributed by atoms with van der Waals surface area (Å²) in [7, 11) is 0. The van der Waals surface area contributed by atoms with E-state index < -0.39 is 0 Å². The van der Waals surface area contributed by atoms with Crippen LogP contribution in [0.1, 0.15) is 33.6 Å². The van der Waals surface area contributed by atoms with E-state index in [9.17, 15) is 9.50 Å². The molecule has 0 heterocycles. The molecule has 1 rings (SSSR count). The predicted octanol–water partition coefficient (Wildman–Crippen LogP) is 2.79. The van der Waals surface area contributed by atoms with Gasteiger partial charge in [0, 0.05) is 24.3 Å². The van der Waals surface area contributed by atoms with Crippen molar-refractivity contribution in [2.75, 3.05) is 31.1 Å². The molecule has 1 unspecified atom stereocenters. The van der Waals surface area contributed by atoms with Crippen LogP contribution in [0.2, 0.25) is 0 Å². The van der Waals surface area contributed by atoms with E-state index in [0.29, 0.717) is 0 Å². The Hall–Kier alpha value is -1.13. The van der Waals surface area contributed by atoms with Crippen LogP contribution in [0.25, 0.3) is 0 Å². The van der Waals surface area contributed by atoms with Gasteiger partial charge in [0.25, 0.3) is 0 Å². The maximum Gasteiger partial charge on any atom is 0.123 e. The number of halogens is 1. The van der Waals surface area contributed by atoms with Crippen LogP contribution >= 0.6 is 0 Å². The summed E-state index contributed by atoms with van der Waals surface area (Å²) >= 11 is 0. The van der Waals surface area contributed by atoms with Crippen molar-refractivity contribution in [1.29, 1.82) is 0 Å². The Kier molecular flexibility index (Phi) is 6.96. The third-order valence-electron chi connectivity index (χ3n) is 3.66. The van der Waals surface area contributed by atoms with Gasteiger partial charge in [-0.3, -0.25) is 0 Å². The molecule has 0 fully saturated rings. The predicted molar refractivity (Wildman–Crippen MR) is 82.7 cm³/mol. The van der Waals surface area contributed by atoms with Gasteiger partial charge in [-0.05, 0) is 57.5 Å². The van der Waals surface area contributed by atoms with Crippen LogP contribution in [-0.4, -0.2) is 36.9 Å². The molecule has 0 aliphatic heterocycles. The number of aliphatic hydroxyl groups excluding tert-OH is 1. The summed E-state index contributed by atoms with van der Waals surface area (Å²) in [6, 6.07) is 6.57. The lowest BCUT2D eigenvalue weighted by molar-refractivity contribution is 0.167. The fourth-order valence-corrected chi connectivity index (χ4v) is 2.15. The van der Waals surface area contributed by atoms with Crippen molar-refractivity contribution in [2.24, 2.45) is 0 Å². The van der Waals surface area contributed by atoms with Gasteiger partial charge in [-0.25, -0.2) is 4.39 Å². The molecule has 4 heteroatoms. The number of aliphatic hydroxyl groups is 1. The van der Waals surface area contributed by atoms with Crippen LogP contribution in [0.5, 0.6) is 0 Å². The lowest BCUT2D eigenvalue weighted by Gasteiger charge is -2.32. The molecule has 1 atom stereocenters. The van der Waals surface area contributed by atoms with Crippen molar-refractivity contribution in [3.05, 3.63) is 30.1 Å². The van der Waals surface area contributed by atoms with Crippen LogP contribution < -0.4 is 10.2 Å². The third-order valence-corrected chi connectivity index (χ3v) is 3.66. The first-order chi connectivity index (χ1) is 9.54. The van der Waals surface area contributed by atoms with Gasteiger partial charge < -0.3 is 15.3 Å². The summed E-state index contributed by atoms with van der Waals surface area (Å²) in [5.74, 6) is -0.213. The highest BCUT2D eigenvalue weighted by Crippen LogP contribution is 2.17. The summed E-state index contributed by atoms with van der Waals surface area (Å²) in [4.78, 5) is 2.20. The Morgan fingerprint density at radius 3 is 2.40 bits per heavy atom. The second-order valence-corrected chi connectivity index (χ2v) is 5.45. The van der Waals surface area contributed by atoms with E-state index in [-0.39, 0.29) is 18.0 Å². The van der Waals surface area contributed by atoms with Crippen molar-refractivity contribution in [2.45, 2.75) is 39.2 Å². The normalized spacial score (nSPS) is 14.1. The van der Waals surface area contributed by atoms with E-state index in [0.717, 1.165) is 38.2 Å². The Morgan fingerprint density at radius 1 is 1.25 bits per heavy atom. The first-order valence-corrected chi connectivity index (χ1v) is 7.41. The minimum absolute atomic E-state index is 0.119. The summed E-state index contributed by atoms with van der Waals surface area (Å²) in [5, 5.41) is 13.0. The smallest absolute Gasteiger partial charge is 0.123 e.